The number of aryl methyl sites for hydroxylation is 2. The summed E-state index contributed by atoms with van der Waals surface area (Å²) in [5.41, 5.74) is 3.80. The number of nitrogens with one attached hydrogen (secondary N) is 1. The second-order valence-electron chi connectivity index (χ2n) is 11.7. The molecule has 0 radical (unpaired) electrons. The number of sulfonamides is 1. The molecule has 6 rings (SSSR count). The predicted octanol–water partition coefficient (Wildman–Crippen LogP) is 4.43. The zero-order chi connectivity index (χ0) is 30.1. The van der Waals surface area contributed by atoms with Crippen molar-refractivity contribution in [2.24, 2.45) is 0 Å². The minimum absolute atomic E-state index is 0.0204. The summed E-state index contributed by atoms with van der Waals surface area (Å²) in [6.45, 7) is 9.58. The molecule has 2 aliphatic heterocycles. The summed E-state index contributed by atoms with van der Waals surface area (Å²) in [6, 6.07) is 14.1. The average molecular weight is 606 g/mol. The standard InChI is InChI=1S/C32H39N5O5S/c1-4-7-24-20-42-29-19-28(30-21(2)8-5-9-22(30)3)33-32(34-29)35-43(39,40)27-11-6-10-23(16-27)31(38)37(24)26-17-25(18-26)36-12-14-41-15-13-36/h5-6,8-11,16,19,24-26H,4,7,12-15,17-18,20H2,1-3H3,(H,33,34,35)/t24-,25-,26+/m1/s1. The topological polar surface area (TPSA) is 114 Å². The van der Waals surface area contributed by atoms with E-state index in [1.54, 1.807) is 18.2 Å². The molecule has 11 heteroatoms. The van der Waals surface area contributed by atoms with Crippen molar-refractivity contribution < 1.29 is 22.7 Å². The van der Waals surface area contributed by atoms with Gasteiger partial charge in [0.1, 0.15) is 6.61 Å². The number of anilines is 1. The van der Waals surface area contributed by atoms with Gasteiger partial charge >= 0.3 is 0 Å². The molecule has 1 N–H and O–H groups in total. The maximum Gasteiger partial charge on any atom is 0.264 e. The van der Waals surface area contributed by atoms with Crippen molar-refractivity contribution >= 4 is 21.9 Å². The summed E-state index contributed by atoms with van der Waals surface area (Å²) < 4.78 is 41.5. The van der Waals surface area contributed by atoms with E-state index in [-0.39, 0.29) is 41.3 Å². The average Bonchev–Trinajstić information content (AvgIpc) is 2.97. The molecular weight excluding hydrogens is 566 g/mol. The SMILES string of the molecule is CCC[C@@H]1COc2cc(-c3c(C)cccc3C)nc(n2)NS(=O)(=O)c2cccc(c2)C(=O)N1[C@H]1C[C@@H](N2CCOCC2)C1. The molecule has 228 valence electrons. The Labute approximate surface area is 253 Å². The molecule has 3 heterocycles. The van der Waals surface area contributed by atoms with E-state index in [0.29, 0.717) is 17.3 Å². The number of carbonyl (C=O) groups is 1. The first-order chi connectivity index (χ1) is 20.7. The van der Waals surface area contributed by atoms with Gasteiger partial charge in [-0.05, 0) is 62.4 Å². The van der Waals surface area contributed by atoms with Crippen molar-refractivity contribution in [2.75, 3.05) is 37.6 Å². The van der Waals surface area contributed by atoms with Crippen molar-refractivity contribution in [1.29, 1.82) is 0 Å². The van der Waals surface area contributed by atoms with Gasteiger partial charge in [-0.25, -0.2) is 18.1 Å². The first kappa shape index (κ1) is 29.5. The van der Waals surface area contributed by atoms with Crippen LogP contribution in [-0.2, 0) is 14.8 Å². The van der Waals surface area contributed by atoms with Crippen LogP contribution in [-0.4, -0.2) is 85.1 Å². The van der Waals surface area contributed by atoms with E-state index < -0.39 is 10.0 Å². The molecule has 2 aromatic carbocycles. The van der Waals surface area contributed by atoms with Crippen molar-refractivity contribution in [3.05, 3.63) is 65.2 Å². The number of aromatic nitrogens is 2. The molecule has 0 unspecified atom stereocenters. The zero-order valence-corrected chi connectivity index (χ0v) is 25.8. The number of amides is 1. The number of carbonyl (C=O) groups excluding carboxylic acids is 1. The maximum atomic E-state index is 14.2. The molecular formula is C32H39N5O5S. The van der Waals surface area contributed by atoms with Crippen LogP contribution in [0.1, 0.15) is 54.1 Å². The number of rotatable bonds is 5. The number of morpholine rings is 1. The molecule has 3 aliphatic rings. The number of fused-ring (bicyclic) bond motifs is 4. The summed E-state index contributed by atoms with van der Waals surface area (Å²) in [4.78, 5) is 27.7. The number of nitrogens with zero attached hydrogens (tertiary/aromatic N) is 4. The normalized spacial score (nSPS) is 24.0. The van der Waals surface area contributed by atoms with Gasteiger partial charge in [0.2, 0.25) is 11.8 Å². The number of hydrogen-bond acceptors (Lipinski definition) is 8. The third-order valence-electron chi connectivity index (χ3n) is 8.77. The van der Waals surface area contributed by atoms with Crippen LogP contribution in [0.3, 0.4) is 0 Å². The van der Waals surface area contributed by atoms with Crippen LogP contribution >= 0.6 is 0 Å². The second kappa shape index (κ2) is 12.2. The fourth-order valence-electron chi connectivity index (χ4n) is 6.49. The third kappa shape index (κ3) is 6.11. The van der Waals surface area contributed by atoms with Gasteiger partial charge in [0.05, 0.1) is 29.8 Å². The van der Waals surface area contributed by atoms with Crippen LogP contribution < -0.4 is 9.46 Å². The van der Waals surface area contributed by atoms with E-state index in [1.165, 1.54) is 12.1 Å². The highest BCUT2D eigenvalue weighted by Crippen LogP contribution is 2.35. The second-order valence-corrected chi connectivity index (χ2v) is 13.4. The van der Waals surface area contributed by atoms with Crippen molar-refractivity contribution in [1.82, 2.24) is 19.8 Å². The highest BCUT2D eigenvalue weighted by Gasteiger charge is 2.42. The highest BCUT2D eigenvalue weighted by atomic mass is 32.2. The lowest BCUT2D eigenvalue weighted by atomic mass is 9.82. The minimum atomic E-state index is -4.10. The van der Waals surface area contributed by atoms with E-state index in [0.717, 1.165) is 68.7 Å². The van der Waals surface area contributed by atoms with Crippen molar-refractivity contribution in [2.45, 2.75) is 69.5 Å². The fraction of sp³-hybridized carbons (Fsp3) is 0.469. The largest absolute Gasteiger partial charge is 0.475 e. The van der Waals surface area contributed by atoms with Gasteiger partial charge in [0.15, 0.2) is 0 Å². The van der Waals surface area contributed by atoms with Crippen LogP contribution in [0.25, 0.3) is 11.3 Å². The molecule has 10 nitrogen and oxygen atoms in total. The Bertz CT molecular complexity index is 1580. The van der Waals surface area contributed by atoms with Gasteiger partial charge in [-0.3, -0.25) is 9.69 Å². The zero-order valence-electron chi connectivity index (χ0n) is 25.0. The molecule has 1 saturated carbocycles. The Morgan fingerprint density at radius 2 is 1.70 bits per heavy atom. The lowest BCUT2D eigenvalue weighted by molar-refractivity contribution is -0.0373. The quantitative estimate of drug-likeness (QED) is 0.455. The molecule has 43 heavy (non-hydrogen) atoms. The Balaban J connectivity index is 1.40. The number of ether oxygens (including phenoxy) is 2. The Kier molecular flexibility index (Phi) is 8.39. The van der Waals surface area contributed by atoms with Gasteiger partial charge in [-0.2, -0.15) is 4.98 Å². The number of benzene rings is 2. The van der Waals surface area contributed by atoms with E-state index in [2.05, 4.69) is 26.5 Å². The summed E-state index contributed by atoms with van der Waals surface area (Å²) >= 11 is 0. The molecule has 2 fully saturated rings. The molecule has 4 bridgehead atoms. The van der Waals surface area contributed by atoms with Crippen LogP contribution in [0.2, 0.25) is 0 Å². The van der Waals surface area contributed by atoms with Crippen LogP contribution in [0, 0.1) is 13.8 Å². The van der Waals surface area contributed by atoms with Crippen LogP contribution in [0.5, 0.6) is 5.88 Å². The van der Waals surface area contributed by atoms with Crippen molar-refractivity contribution in [3.63, 3.8) is 0 Å². The predicted molar refractivity (Wildman–Crippen MR) is 164 cm³/mol. The lowest BCUT2D eigenvalue weighted by Crippen LogP contribution is -2.60. The smallest absolute Gasteiger partial charge is 0.264 e. The van der Waals surface area contributed by atoms with Gasteiger partial charge in [0, 0.05) is 42.4 Å². The molecule has 1 atom stereocenters. The van der Waals surface area contributed by atoms with E-state index >= 15 is 0 Å². The van der Waals surface area contributed by atoms with Gasteiger partial charge in [0.25, 0.3) is 15.9 Å². The molecule has 1 aliphatic carbocycles. The Hall–Kier alpha value is -3.54. The van der Waals surface area contributed by atoms with Crippen LogP contribution in [0.15, 0.2) is 53.4 Å². The first-order valence-electron chi connectivity index (χ1n) is 15.1. The molecule has 1 aromatic heterocycles. The van der Waals surface area contributed by atoms with E-state index in [1.807, 2.05) is 36.9 Å². The molecule has 1 saturated heterocycles. The molecule has 0 spiro atoms. The third-order valence-corrected chi connectivity index (χ3v) is 10.1. The summed E-state index contributed by atoms with van der Waals surface area (Å²) in [5.74, 6) is -0.00946. The Morgan fingerprint density at radius 1 is 0.977 bits per heavy atom. The fourth-order valence-corrected chi connectivity index (χ4v) is 7.48. The van der Waals surface area contributed by atoms with Gasteiger partial charge in [-0.15, -0.1) is 0 Å². The molecule has 3 aromatic rings. The first-order valence-corrected chi connectivity index (χ1v) is 16.6. The summed E-state index contributed by atoms with van der Waals surface area (Å²) in [7, 11) is -4.10. The monoisotopic (exact) mass is 605 g/mol. The summed E-state index contributed by atoms with van der Waals surface area (Å²) in [6.07, 6.45) is 3.32. The molecule has 1 amide bonds. The van der Waals surface area contributed by atoms with Crippen LogP contribution in [0.4, 0.5) is 5.95 Å². The number of hydrogen-bond donors (Lipinski definition) is 1. The van der Waals surface area contributed by atoms with E-state index in [4.69, 9.17) is 9.47 Å². The van der Waals surface area contributed by atoms with Gasteiger partial charge in [-0.1, -0.05) is 37.6 Å². The maximum absolute atomic E-state index is 14.2. The van der Waals surface area contributed by atoms with E-state index in [9.17, 15) is 13.2 Å². The van der Waals surface area contributed by atoms with Gasteiger partial charge < -0.3 is 14.4 Å². The lowest BCUT2D eigenvalue weighted by Gasteiger charge is -2.50. The minimum Gasteiger partial charge on any atom is -0.475 e. The summed E-state index contributed by atoms with van der Waals surface area (Å²) in [5, 5.41) is 0. The Morgan fingerprint density at radius 3 is 2.42 bits per heavy atom. The highest BCUT2D eigenvalue weighted by molar-refractivity contribution is 7.92. The van der Waals surface area contributed by atoms with Crippen molar-refractivity contribution in [3.8, 4) is 17.1 Å².